The third-order valence-electron chi connectivity index (χ3n) is 3.06. The van der Waals surface area contributed by atoms with E-state index in [9.17, 15) is 4.79 Å². The molecule has 1 nitrogen and oxygen atoms in total. The van der Waals surface area contributed by atoms with Crippen LogP contribution in [0.5, 0.6) is 0 Å². The summed E-state index contributed by atoms with van der Waals surface area (Å²) in [6, 6.07) is 2.11. The van der Waals surface area contributed by atoms with Crippen LogP contribution in [-0.2, 0) is 6.42 Å². The zero-order valence-electron chi connectivity index (χ0n) is 8.65. The predicted molar refractivity (Wildman–Crippen MR) is 60.8 cm³/mol. The monoisotopic (exact) mass is 252 g/mol. The van der Waals surface area contributed by atoms with Crippen molar-refractivity contribution >= 4 is 21.7 Å². The van der Waals surface area contributed by atoms with Gasteiger partial charge in [-0.25, -0.2) is 0 Å². The van der Waals surface area contributed by atoms with Crippen LogP contribution < -0.4 is 0 Å². The van der Waals surface area contributed by atoms with E-state index in [1.165, 1.54) is 11.1 Å². The third kappa shape index (κ3) is 1.24. The quantitative estimate of drug-likeness (QED) is 0.692. The van der Waals surface area contributed by atoms with Gasteiger partial charge in [-0.05, 0) is 43.0 Å². The number of hydrogen-bond donors (Lipinski definition) is 0. The van der Waals surface area contributed by atoms with Crippen molar-refractivity contribution in [3.05, 3.63) is 32.8 Å². The molecule has 0 saturated carbocycles. The average molecular weight is 253 g/mol. The van der Waals surface area contributed by atoms with Crippen molar-refractivity contribution in [3.63, 3.8) is 0 Å². The van der Waals surface area contributed by atoms with Crippen molar-refractivity contribution in [2.75, 3.05) is 0 Å². The number of rotatable bonds is 0. The first-order chi connectivity index (χ1) is 6.52. The minimum atomic E-state index is 0.164. The number of hydrogen-bond acceptors (Lipinski definition) is 1. The van der Waals surface area contributed by atoms with Gasteiger partial charge in [0.25, 0.3) is 0 Å². The number of ketones is 1. The number of aryl methyl sites for hydroxylation is 1. The summed E-state index contributed by atoms with van der Waals surface area (Å²) in [7, 11) is 0. The second-order valence-corrected chi connectivity index (χ2v) is 4.98. The molecule has 1 aliphatic rings. The van der Waals surface area contributed by atoms with E-state index in [2.05, 4.69) is 28.9 Å². The molecule has 0 aromatic heterocycles. The second kappa shape index (κ2) is 3.20. The van der Waals surface area contributed by atoms with Crippen molar-refractivity contribution in [2.45, 2.75) is 27.2 Å². The van der Waals surface area contributed by atoms with E-state index < -0.39 is 0 Å². The van der Waals surface area contributed by atoms with Crippen molar-refractivity contribution in [3.8, 4) is 0 Å². The van der Waals surface area contributed by atoms with E-state index in [4.69, 9.17) is 0 Å². The summed E-state index contributed by atoms with van der Waals surface area (Å²) in [5, 5.41) is 0. The molecule has 0 N–H and O–H groups in total. The molecule has 0 saturated heterocycles. The van der Waals surface area contributed by atoms with E-state index in [1.54, 1.807) is 0 Å². The van der Waals surface area contributed by atoms with Gasteiger partial charge in [-0.15, -0.1) is 0 Å². The lowest BCUT2D eigenvalue weighted by atomic mass is 10.00. The lowest BCUT2D eigenvalue weighted by Crippen LogP contribution is -2.04. The molecule has 1 aromatic carbocycles. The molecule has 0 unspecified atom stereocenters. The molecule has 0 radical (unpaired) electrons. The maximum atomic E-state index is 11.9. The molecular weight excluding hydrogens is 240 g/mol. The van der Waals surface area contributed by atoms with Crippen LogP contribution in [0, 0.1) is 19.8 Å². The Labute approximate surface area is 92.6 Å². The second-order valence-electron chi connectivity index (χ2n) is 4.12. The molecule has 0 fully saturated rings. The Hall–Kier alpha value is -0.630. The highest BCUT2D eigenvalue weighted by Gasteiger charge is 2.30. The Kier molecular flexibility index (Phi) is 2.26. The smallest absolute Gasteiger partial charge is 0.166 e. The Bertz CT molecular complexity index is 421. The fraction of sp³-hybridized carbons (Fsp3) is 0.417. The molecule has 0 spiro atoms. The highest BCUT2D eigenvalue weighted by molar-refractivity contribution is 9.10. The normalized spacial score (nSPS) is 20.0. The first-order valence-electron chi connectivity index (χ1n) is 4.85. The molecule has 1 atom stereocenters. The van der Waals surface area contributed by atoms with Crippen LogP contribution in [0.4, 0.5) is 0 Å². The van der Waals surface area contributed by atoms with E-state index in [-0.39, 0.29) is 5.92 Å². The van der Waals surface area contributed by atoms with Crippen LogP contribution in [0.25, 0.3) is 0 Å². The first-order valence-corrected chi connectivity index (χ1v) is 5.64. The number of fused-ring (bicyclic) bond motifs is 1. The Morgan fingerprint density at radius 2 is 2.07 bits per heavy atom. The molecule has 0 bridgehead atoms. The van der Waals surface area contributed by atoms with Gasteiger partial charge in [0, 0.05) is 16.0 Å². The van der Waals surface area contributed by atoms with E-state index in [0.717, 1.165) is 22.0 Å². The van der Waals surface area contributed by atoms with Gasteiger partial charge in [0.2, 0.25) is 0 Å². The van der Waals surface area contributed by atoms with Crippen LogP contribution in [0.3, 0.4) is 0 Å². The minimum Gasteiger partial charge on any atom is -0.294 e. The standard InChI is InChI=1S/C12H13BrO/c1-6-5-10(13)8(3)11-9(6)4-7(2)12(11)14/h5,7H,4H2,1-3H3/t7-/m0/s1. The largest absolute Gasteiger partial charge is 0.294 e. The molecule has 0 amide bonds. The molecule has 74 valence electrons. The van der Waals surface area contributed by atoms with Gasteiger partial charge in [0.05, 0.1) is 0 Å². The van der Waals surface area contributed by atoms with Crippen LogP contribution in [0.1, 0.15) is 34.0 Å². The van der Waals surface area contributed by atoms with E-state index in [0.29, 0.717) is 5.78 Å². The maximum absolute atomic E-state index is 11.9. The molecule has 1 aromatic rings. The first kappa shape index (κ1) is 9.91. The molecular formula is C12H13BrO. The average Bonchev–Trinajstić information content (AvgIpc) is 2.41. The number of carbonyl (C=O) groups is 1. The van der Waals surface area contributed by atoms with Crippen LogP contribution in [-0.4, -0.2) is 5.78 Å². The zero-order chi connectivity index (χ0) is 10.5. The molecule has 0 aliphatic heterocycles. The van der Waals surface area contributed by atoms with Gasteiger partial charge in [-0.3, -0.25) is 4.79 Å². The van der Waals surface area contributed by atoms with E-state index in [1.807, 2.05) is 13.8 Å². The van der Waals surface area contributed by atoms with Crippen molar-refractivity contribution in [1.29, 1.82) is 0 Å². The Morgan fingerprint density at radius 1 is 1.43 bits per heavy atom. The Morgan fingerprint density at radius 3 is 2.71 bits per heavy atom. The molecule has 2 rings (SSSR count). The summed E-state index contributed by atoms with van der Waals surface area (Å²) < 4.78 is 1.05. The summed E-state index contributed by atoms with van der Waals surface area (Å²) >= 11 is 3.49. The van der Waals surface area contributed by atoms with Crippen LogP contribution >= 0.6 is 15.9 Å². The SMILES string of the molecule is Cc1cc(Br)c(C)c2c1C[C@H](C)C2=O. The molecule has 1 aliphatic carbocycles. The van der Waals surface area contributed by atoms with E-state index >= 15 is 0 Å². The van der Waals surface area contributed by atoms with Gasteiger partial charge in [-0.2, -0.15) is 0 Å². The Balaban J connectivity index is 2.74. The summed E-state index contributed by atoms with van der Waals surface area (Å²) in [4.78, 5) is 11.9. The number of benzene rings is 1. The topological polar surface area (TPSA) is 17.1 Å². The predicted octanol–water partition coefficient (Wildman–Crippen LogP) is 3.44. The van der Waals surface area contributed by atoms with Crippen LogP contribution in [0.2, 0.25) is 0 Å². The minimum absolute atomic E-state index is 0.164. The summed E-state index contributed by atoms with van der Waals surface area (Å²) in [5.74, 6) is 0.471. The number of Topliss-reactive ketones (excluding diaryl/α,β-unsaturated/α-hetero) is 1. The van der Waals surface area contributed by atoms with Crippen molar-refractivity contribution < 1.29 is 4.79 Å². The van der Waals surface area contributed by atoms with Crippen molar-refractivity contribution in [2.24, 2.45) is 5.92 Å². The van der Waals surface area contributed by atoms with Gasteiger partial charge in [-0.1, -0.05) is 22.9 Å². The lowest BCUT2D eigenvalue weighted by Gasteiger charge is -2.08. The molecule has 2 heteroatoms. The van der Waals surface area contributed by atoms with Gasteiger partial charge in [0.15, 0.2) is 5.78 Å². The van der Waals surface area contributed by atoms with Crippen molar-refractivity contribution in [1.82, 2.24) is 0 Å². The number of halogens is 1. The fourth-order valence-corrected chi connectivity index (χ4v) is 2.71. The maximum Gasteiger partial charge on any atom is 0.166 e. The summed E-state index contributed by atoms with van der Waals surface area (Å²) in [5.41, 5.74) is 4.54. The summed E-state index contributed by atoms with van der Waals surface area (Å²) in [6.07, 6.45) is 0.911. The van der Waals surface area contributed by atoms with Crippen LogP contribution in [0.15, 0.2) is 10.5 Å². The third-order valence-corrected chi connectivity index (χ3v) is 3.88. The number of carbonyl (C=O) groups excluding carboxylic acids is 1. The fourth-order valence-electron chi connectivity index (χ4n) is 2.17. The highest BCUT2D eigenvalue weighted by Crippen LogP contribution is 2.35. The summed E-state index contributed by atoms with van der Waals surface area (Å²) in [6.45, 7) is 6.10. The van der Waals surface area contributed by atoms with Gasteiger partial charge >= 0.3 is 0 Å². The molecule has 0 heterocycles. The lowest BCUT2D eigenvalue weighted by molar-refractivity contribution is 0.0945. The zero-order valence-corrected chi connectivity index (χ0v) is 10.2. The van der Waals surface area contributed by atoms with Gasteiger partial charge < -0.3 is 0 Å². The highest BCUT2D eigenvalue weighted by atomic mass is 79.9. The van der Waals surface area contributed by atoms with Gasteiger partial charge in [0.1, 0.15) is 0 Å². The molecule has 14 heavy (non-hydrogen) atoms.